The molecule has 0 heterocycles. The Morgan fingerprint density at radius 2 is 1.75 bits per heavy atom. The van der Waals surface area contributed by atoms with Crippen LogP contribution in [0, 0.1) is 0 Å². The standard InChI is InChI=1S/C14H19NO5/c1-14(2,3)20-13(19)15-10(11(16)12(17)18)9-7-5-4-6-8-9/h4-8,10-11,16H,1-3H3,(H,15,19)(H,17,18)/t10-,11+/m1/s1. The second-order valence-corrected chi connectivity index (χ2v) is 5.32. The van der Waals surface area contributed by atoms with Gasteiger partial charge in [-0.2, -0.15) is 0 Å². The molecule has 0 fully saturated rings. The summed E-state index contributed by atoms with van der Waals surface area (Å²) >= 11 is 0. The van der Waals surface area contributed by atoms with Crippen molar-refractivity contribution in [3.8, 4) is 0 Å². The molecular weight excluding hydrogens is 262 g/mol. The molecule has 1 aromatic rings. The number of aliphatic hydroxyl groups excluding tert-OH is 1. The zero-order chi connectivity index (χ0) is 15.3. The number of carboxylic acid groups (broad SMARTS) is 1. The Balaban J connectivity index is 2.90. The molecule has 6 heteroatoms. The maximum atomic E-state index is 11.7. The SMILES string of the molecule is CC(C)(C)OC(=O)N[C@H](c1ccccc1)[C@H](O)C(=O)O. The average Bonchev–Trinajstić information content (AvgIpc) is 2.34. The van der Waals surface area contributed by atoms with E-state index in [0.717, 1.165) is 0 Å². The molecule has 2 atom stereocenters. The molecule has 0 radical (unpaired) electrons. The Kier molecular flexibility index (Phi) is 5.10. The van der Waals surface area contributed by atoms with Crippen molar-refractivity contribution in [1.82, 2.24) is 5.32 Å². The van der Waals surface area contributed by atoms with Crippen LogP contribution in [0.25, 0.3) is 0 Å². The first-order valence-corrected chi connectivity index (χ1v) is 6.16. The third-order valence-electron chi connectivity index (χ3n) is 2.40. The van der Waals surface area contributed by atoms with Crippen molar-refractivity contribution in [2.75, 3.05) is 0 Å². The van der Waals surface area contributed by atoms with Crippen molar-refractivity contribution in [3.05, 3.63) is 35.9 Å². The average molecular weight is 281 g/mol. The summed E-state index contributed by atoms with van der Waals surface area (Å²) in [4.78, 5) is 22.7. The summed E-state index contributed by atoms with van der Waals surface area (Å²) < 4.78 is 5.07. The molecule has 20 heavy (non-hydrogen) atoms. The van der Waals surface area contributed by atoms with Gasteiger partial charge in [-0.15, -0.1) is 0 Å². The molecule has 0 aliphatic carbocycles. The van der Waals surface area contributed by atoms with E-state index in [0.29, 0.717) is 5.56 Å². The minimum absolute atomic E-state index is 0.480. The molecule has 3 N–H and O–H groups in total. The predicted octanol–water partition coefficient (Wildman–Crippen LogP) is 1.70. The maximum absolute atomic E-state index is 11.7. The van der Waals surface area contributed by atoms with Gasteiger partial charge in [0.25, 0.3) is 0 Å². The predicted molar refractivity (Wildman–Crippen MR) is 72.2 cm³/mol. The van der Waals surface area contributed by atoms with Gasteiger partial charge in [-0.3, -0.25) is 0 Å². The van der Waals surface area contributed by atoms with E-state index in [1.54, 1.807) is 51.1 Å². The molecule has 0 aromatic heterocycles. The Morgan fingerprint density at radius 3 is 2.20 bits per heavy atom. The molecule has 1 aromatic carbocycles. The summed E-state index contributed by atoms with van der Waals surface area (Å²) in [5, 5.41) is 21.0. The van der Waals surface area contributed by atoms with Crippen LogP contribution in [0.1, 0.15) is 32.4 Å². The minimum Gasteiger partial charge on any atom is -0.479 e. The first-order chi connectivity index (χ1) is 9.20. The van der Waals surface area contributed by atoms with Crippen LogP contribution < -0.4 is 5.32 Å². The van der Waals surface area contributed by atoms with Gasteiger partial charge in [-0.25, -0.2) is 9.59 Å². The zero-order valence-corrected chi connectivity index (χ0v) is 11.7. The molecule has 0 unspecified atom stereocenters. The highest BCUT2D eigenvalue weighted by atomic mass is 16.6. The molecule has 1 rings (SSSR count). The summed E-state index contributed by atoms with van der Waals surface area (Å²) in [5.74, 6) is -1.42. The van der Waals surface area contributed by atoms with Crippen LogP contribution in [-0.2, 0) is 9.53 Å². The number of rotatable bonds is 4. The number of carboxylic acids is 1. The van der Waals surface area contributed by atoms with E-state index in [2.05, 4.69) is 5.32 Å². The third kappa shape index (κ3) is 4.89. The number of aliphatic hydroxyl groups is 1. The number of benzene rings is 1. The van der Waals surface area contributed by atoms with Gasteiger partial charge in [0.15, 0.2) is 6.10 Å². The summed E-state index contributed by atoms with van der Waals surface area (Å²) in [6, 6.07) is 7.29. The number of carbonyl (C=O) groups is 2. The van der Waals surface area contributed by atoms with E-state index in [1.165, 1.54) is 0 Å². The Morgan fingerprint density at radius 1 is 1.20 bits per heavy atom. The molecule has 0 saturated carbocycles. The summed E-state index contributed by atoms with van der Waals surface area (Å²) in [5.41, 5.74) is -0.229. The number of ether oxygens (including phenoxy) is 1. The van der Waals surface area contributed by atoms with Gasteiger partial charge in [-0.05, 0) is 26.3 Å². The van der Waals surface area contributed by atoms with Crippen LogP contribution in [0.3, 0.4) is 0 Å². The maximum Gasteiger partial charge on any atom is 0.408 e. The largest absolute Gasteiger partial charge is 0.479 e. The first kappa shape index (κ1) is 16.0. The second kappa shape index (κ2) is 6.38. The van der Waals surface area contributed by atoms with Crippen molar-refractivity contribution >= 4 is 12.1 Å². The molecule has 1 amide bonds. The quantitative estimate of drug-likeness (QED) is 0.780. The van der Waals surface area contributed by atoms with E-state index in [-0.39, 0.29) is 0 Å². The fraction of sp³-hybridized carbons (Fsp3) is 0.429. The normalized spacial score (nSPS) is 14.2. The van der Waals surface area contributed by atoms with Crippen LogP contribution in [-0.4, -0.2) is 34.0 Å². The van der Waals surface area contributed by atoms with E-state index in [1.807, 2.05) is 0 Å². The highest BCUT2D eigenvalue weighted by Crippen LogP contribution is 2.18. The number of aliphatic carboxylic acids is 1. The number of nitrogens with one attached hydrogen (secondary N) is 1. The van der Waals surface area contributed by atoms with Crippen molar-refractivity contribution < 1.29 is 24.5 Å². The number of hydrogen-bond donors (Lipinski definition) is 3. The van der Waals surface area contributed by atoms with Gasteiger partial charge < -0.3 is 20.3 Å². The van der Waals surface area contributed by atoms with E-state index in [4.69, 9.17) is 9.84 Å². The fourth-order valence-corrected chi connectivity index (χ4v) is 1.58. The molecule has 0 spiro atoms. The van der Waals surface area contributed by atoms with Gasteiger partial charge in [0.2, 0.25) is 0 Å². The molecule has 0 saturated heterocycles. The number of hydrogen-bond acceptors (Lipinski definition) is 4. The van der Waals surface area contributed by atoms with Gasteiger partial charge in [-0.1, -0.05) is 30.3 Å². The smallest absolute Gasteiger partial charge is 0.408 e. The summed E-state index contributed by atoms with van der Waals surface area (Å²) in [6.45, 7) is 5.08. The zero-order valence-electron chi connectivity index (χ0n) is 11.7. The lowest BCUT2D eigenvalue weighted by Gasteiger charge is -2.25. The molecule has 0 aliphatic rings. The molecule has 0 aliphatic heterocycles. The topological polar surface area (TPSA) is 95.9 Å². The molecule has 6 nitrogen and oxygen atoms in total. The summed E-state index contributed by atoms with van der Waals surface area (Å²) in [7, 11) is 0. The third-order valence-corrected chi connectivity index (χ3v) is 2.40. The highest BCUT2D eigenvalue weighted by Gasteiger charge is 2.30. The highest BCUT2D eigenvalue weighted by molar-refractivity contribution is 5.75. The lowest BCUT2D eigenvalue weighted by Crippen LogP contribution is -2.42. The minimum atomic E-state index is -1.76. The van der Waals surface area contributed by atoms with Gasteiger partial charge in [0, 0.05) is 0 Å². The van der Waals surface area contributed by atoms with Crippen LogP contribution in [0.5, 0.6) is 0 Å². The van der Waals surface area contributed by atoms with Crippen LogP contribution in [0.4, 0.5) is 4.79 Å². The van der Waals surface area contributed by atoms with E-state index < -0.39 is 29.8 Å². The van der Waals surface area contributed by atoms with Crippen LogP contribution in [0.2, 0.25) is 0 Å². The van der Waals surface area contributed by atoms with Gasteiger partial charge >= 0.3 is 12.1 Å². The first-order valence-electron chi connectivity index (χ1n) is 6.16. The van der Waals surface area contributed by atoms with Crippen molar-refractivity contribution in [2.45, 2.75) is 38.5 Å². The number of carbonyl (C=O) groups excluding carboxylic acids is 1. The van der Waals surface area contributed by atoms with Crippen molar-refractivity contribution in [3.63, 3.8) is 0 Å². The van der Waals surface area contributed by atoms with E-state index >= 15 is 0 Å². The lowest BCUT2D eigenvalue weighted by molar-refractivity contribution is -0.148. The second-order valence-electron chi connectivity index (χ2n) is 5.32. The Labute approximate surface area is 117 Å². The Hall–Kier alpha value is -2.08. The number of amides is 1. The fourth-order valence-electron chi connectivity index (χ4n) is 1.58. The van der Waals surface area contributed by atoms with Crippen LogP contribution >= 0.6 is 0 Å². The molecule has 0 bridgehead atoms. The lowest BCUT2D eigenvalue weighted by atomic mass is 10.0. The number of alkyl carbamates (subject to hydrolysis) is 1. The molecule has 110 valence electrons. The van der Waals surface area contributed by atoms with Crippen molar-refractivity contribution in [1.29, 1.82) is 0 Å². The summed E-state index contributed by atoms with van der Waals surface area (Å²) in [6.07, 6.45) is -2.54. The van der Waals surface area contributed by atoms with E-state index in [9.17, 15) is 14.7 Å². The van der Waals surface area contributed by atoms with Gasteiger partial charge in [0.05, 0.1) is 6.04 Å². The van der Waals surface area contributed by atoms with Gasteiger partial charge in [0.1, 0.15) is 5.60 Å². The van der Waals surface area contributed by atoms with Crippen molar-refractivity contribution in [2.24, 2.45) is 0 Å². The Bertz CT molecular complexity index is 466. The van der Waals surface area contributed by atoms with Crippen LogP contribution in [0.15, 0.2) is 30.3 Å². The molecular formula is C14H19NO5. The monoisotopic (exact) mass is 281 g/mol.